The molecule has 2 N–H and O–H groups in total. The maximum Gasteiger partial charge on any atom is 0.339 e. The summed E-state index contributed by atoms with van der Waals surface area (Å²) in [7, 11) is 0. The fourth-order valence-electron chi connectivity index (χ4n) is 1.68. The van der Waals surface area contributed by atoms with Crippen molar-refractivity contribution in [3.63, 3.8) is 0 Å². The Labute approximate surface area is 118 Å². The Bertz CT molecular complexity index is 485. The normalized spacial score (nSPS) is 11.8. The van der Waals surface area contributed by atoms with Gasteiger partial charge in [-0.3, -0.25) is 4.79 Å². The van der Waals surface area contributed by atoms with Crippen LogP contribution in [-0.2, 0) is 4.79 Å². The third kappa shape index (κ3) is 4.57. The summed E-state index contributed by atoms with van der Waals surface area (Å²) in [5.41, 5.74) is 0.937. The Kier molecular flexibility index (Phi) is 6.03. The molecule has 0 saturated heterocycles. The zero-order chi connectivity index (χ0) is 15.1. The van der Waals surface area contributed by atoms with Crippen molar-refractivity contribution in [1.29, 1.82) is 0 Å². The standard InChI is InChI=1S/C15H21NO4/c1-4-5-8-16-14(17)11(3)20-13-9-10(2)6-7-12(13)15(18)19/h6-7,9,11H,4-5,8H2,1-3H3,(H,16,17)(H,18,19). The van der Waals surface area contributed by atoms with Crippen molar-refractivity contribution in [2.45, 2.75) is 39.7 Å². The monoisotopic (exact) mass is 279 g/mol. The maximum absolute atomic E-state index is 11.8. The summed E-state index contributed by atoms with van der Waals surface area (Å²) in [6.07, 6.45) is 1.17. The summed E-state index contributed by atoms with van der Waals surface area (Å²) < 4.78 is 5.49. The number of amides is 1. The first-order chi connectivity index (χ1) is 9.45. The Morgan fingerprint density at radius 1 is 1.40 bits per heavy atom. The number of hydrogen-bond acceptors (Lipinski definition) is 3. The molecule has 1 aromatic carbocycles. The summed E-state index contributed by atoms with van der Waals surface area (Å²) >= 11 is 0. The van der Waals surface area contributed by atoms with Crippen LogP contribution in [0.2, 0.25) is 0 Å². The molecule has 1 atom stereocenters. The van der Waals surface area contributed by atoms with E-state index in [9.17, 15) is 9.59 Å². The molecule has 0 saturated carbocycles. The molecule has 0 aliphatic carbocycles. The number of carboxylic acid groups (broad SMARTS) is 1. The van der Waals surface area contributed by atoms with Gasteiger partial charge in [0.1, 0.15) is 11.3 Å². The minimum Gasteiger partial charge on any atom is -0.480 e. The zero-order valence-corrected chi connectivity index (χ0v) is 12.1. The SMILES string of the molecule is CCCCNC(=O)C(C)Oc1cc(C)ccc1C(=O)O. The highest BCUT2D eigenvalue weighted by Gasteiger charge is 2.18. The van der Waals surface area contributed by atoms with Gasteiger partial charge in [0, 0.05) is 6.54 Å². The van der Waals surface area contributed by atoms with E-state index in [1.54, 1.807) is 19.1 Å². The number of unbranched alkanes of at least 4 members (excludes halogenated alkanes) is 1. The fourth-order valence-corrected chi connectivity index (χ4v) is 1.68. The van der Waals surface area contributed by atoms with Crippen LogP contribution >= 0.6 is 0 Å². The highest BCUT2D eigenvalue weighted by Crippen LogP contribution is 2.21. The predicted octanol–water partition coefficient (Wildman–Crippen LogP) is 2.38. The molecule has 0 heterocycles. The van der Waals surface area contributed by atoms with Crippen LogP contribution < -0.4 is 10.1 Å². The van der Waals surface area contributed by atoms with Gasteiger partial charge in [0.15, 0.2) is 6.10 Å². The highest BCUT2D eigenvalue weighted by molar-refractivity contribution is 5.91. The Hall–Kier alpha value is -2.04. The van der Waals surface area contributed by atoms with E-state index in [4.69, 9.17) is 9.84 Å². The second kappa shape index (κ2) is 7.53. The molecule has 1 aromatic rings. The van der Waals surface area contributed by atoms with Crippen LogP contribution in [0, 0.1) is 6.92 Å². The zero-order valence-electron chi connectivity index (χ0n) is 12.1. The maximum atomic E-state index is 11.8. The van der Waals surface area contributed by atoms with E-state index in [2.05, 4.69) is 5.32 Å². The van der Waals surface area contributed by atoms with Gasteiger partial charge >= 0.3 is 5.97 Å². The quantitative estimate of drug-likeness (QED) is 0.751. The van der Waals surface area contributed by atoms with E-state index in [0.29, 0.717) is 6.54 Å². The van der Waals surface area contributed by atoms with Gasteiger partial charge in [0.05, 0.1) is 0 Å². The molecule has 1 rings (SSSR count). The lowest BCUT2D eigenvalue weighted by molar-refractivity contribution is -0.127. The molecule has 0 aliphatic rings. The molecular formula is C15H21NO4. The van der Waals surface area contributed by atoms with Crippen LogP contribution in [-0.4, -0.2) is 29.6 Å². The molecule has 0 radical (unpaired) electrons. The molecular weight excluding hydrogens is 258 g/mol. The molecule has 5 heteroatoms. The van der Waals surface area contributed by atoms with E-state index < -0.39 is 12.1 Å². The molecule has 110 valence electrons. The highest BCUT2D eigenvalue weighted by atomic mass is 16.5. The molecule has 1 amide bonds. The fraction of sp³-hybridized carbons (Fsp3) is 0.467. The predicted molar refractivity (Wildman–Crippen MR) is 76.1 cm³/mol. The topological polar surface area (TPSA) is 75.6 Å². The van der Waals surface area contributed by atoms with Gasteiger partial charge in [0.2, 0.25) is 0 Å². The number of carbonyl (C=O) groups excluding carboxylic acids is 1. The van der Waals surface area contributed by atoms with Crippen LogP contribution in [0.5, 0.6) is 5.75 Å². The van der Waals surface area contributed by atoms with Crippen molar-refractivity contribution in [1.82, 2.24) is 5.32 Å². The van der Waals surface area contributed by atoms with Crippen molar-refractivity contribution in [2.24, 2.45) is 0 Å². The number of nitrogens with one attached hydrogen (secondary N) is 1. The largest absolute Gasteiger partial charge is 0.480 e. The van der Waals surface area contributed by atoms with Crippen molar-refractivity contribution >= 4 is 11.9 Å². The van der Waals surface area contributed by atoms with Crippen molar-refractivity contribution in [2.75, 3.05) is 6.54 Å². The van der Waals surface area contributed by atoms with Gasteiger partial charge in [-0.1, -0.05) is 19.4 Å². The summed E-state index contributed by atoms with van der Waals surface area (Å²) in [5.74, 6) is -1.09. The molecule has 20 heavy (non-hydrogen) atoms. The lowest BCUT2D eigenvalue weighted by Gasteiger charge is -2.16. The summed E-state index contributed by atoms with van der Waals surface area (Å²) in [5, 5.41) is 11.9. The average molecular weight is 279 g/mol. The summed E-state index contributed by atoms with van der Waals surface area (Å²) in [4.78, 5) is 22.9. The number of benzene rings is 1. The van der Waals surface area contributed by atoms with Crippen molar-refractivity contribution in [3.05, 3.63) is 29.3 Å². The molecule has 1 unspecified atom stereocenters. The first kappa shape index (κ1) is 16.0. The van der Waals surface area contributed by atoms with E-state index in [0.717, 1.165) is 18.4 Å². The number of aryl methyl sites for hydroxylation is 1. The van der Waals surface area contributed by atoms with E-state index in [-0.39, 0.29) is 17.2 Å². The van der Waals surface area contributed by atoms with Gasteiger partial charge in [-0.15, -0.1) is 0 Å². The Morgan fingerprint density at radius 2 is 2.10 bits per heavy atom. The third-order valence-corrected chi connectivity index (χ3v) is 2.87. The Morgan fingerprint density at radius 3 is 2.70 bits per heavy atom. The van der Waals surface area contributed by atoms with E-state index in [1.165, 1.54) is 6.07 Å². The lowest BCUT2D eigenvalue weighted by atomic mass is 10.1. The number of hydrogen-bond donors (Lipinski definition) is 2. The lowest BCUT2D eigenvalue weighted by Crippen LogP contribution is -2.37. The molecule has 0 bridgehead atoms. The molecule has 0 aromatic heterocycles. The molecule has 0 aliphatic heterocycles. The third-order valence-electron chi connectivity index (χ3n) is 2.87. The van der Waals surface area contributed by atoms with Crippen LogP contribution in [0.4, 0.5) is 0 Å². The van der Waals surface area contributed by atoms with Gasteiger partial charge in [-0.05, 0) is 38.0 Å². The number of ether oxygens (including phenoxy) is 1. The van der Waals surface area contributed by atoms with Crippen LogP contribution in [0.3, 0.4) is 0 Å². The molecule has 5 nitrogen and oxygen atoms in total. The molecule has 0 fully saturated rings. The van der Waals surface area contributed by atoms with E-state index in [1.807, 2.05) is 13.8 Å². The smallest absolute Gasteiger partial charge is 0.339 e. The minimum absolute atomic E-state index is 0.0591. The summed E-state index contributed by atoms with van der Waals surface area (Å²) in [6.45, 7) is 6.08. The number of carboxylic acids is 1. The van der Waals surface area contributed by atoms with Gasteiger partial charge in [0.25, 0.3) is 5.91 Å². The van der Waals surface area contributed by atoms with Gasteiger partial charge in [-0.2, -0.15) is 0 Å². The van der Waals surface area contributed by atoms with Crippen LogP contribution in [0.25, 0.3) is 0 Å². The van der Waals surface area contributed by atoms with Crippen molar-refractivity contribution in [3.8, 4) is 5.75 Å². The molecule has 0 spiro atoms. The second-order valence-electron chi connectivity index (χ2n) is 4.71. The Balaban J connectivity index is 2.74. The van der Waals surface area contributed by atoms with Gasteiger partial charge in [-0.25, -0.2) is 4.79 Å². The van der Waals surface area contributed by atoms with E-state index >= 15 is 0 Å². The first-order valence-electron chi connectivity index (χ1n) is 6.74. The summed E-state index contributed by atoms with van der Waals surface area (Å²) in [6, 6.07) is 4.80. The average Bonchev–Trinajstić information content (AvgIpc) is 2.38. The second-order valence-corrected chi connectivity index (χ2v) is 4.71. The number of rotatable bonds is 7. The first-order valence-corrected chi connectivity index (χ1v) is 6.74. The van der Waals surface area contributed by atoms with Crippen molar-refractivity contribution < 1.29 is 19.4 Å². The van der Waals surface area contributed by atoms with Crippen LogP contribution in [0.15, 0.2) is 18.2 Å². The minimum atomic E-state index is -1.07. The number of carbonyl (C=O) groups is 2. The van der Waals surface area contributed by atoms with Crippen LogP contribution in [0.1, 0.15) is 42.6 Å². The number of aromatic carboxylic acids is 1. The van der Waals surface area contributed by atoms with Gasteiger partial charge < -0.3 is 15.2 Å².